The lowest BCUT2D eigenvalue weighted by Crippen LogP contribution is -2.32. The number of benzene rings is 1. The van der Waals surface area contributed by atoms with Gasteiger partial charge in [-0.3, -0.25) is 9.78 Å². The van der Waals surface area contributed by atoms with Crippen LogP contribution in [0.25, 0.3) is 11.1 Å². The van der Waals surface area contributed by atoms with E-state index >= 15 is 0 Å². The standard InChI is InChI=1S/C26H29FN4O2/c1-4-6-24-29-16-20(19-10-11-28-15-17(19)2)26(30-24)22-7-5-12-31(22)25(32)14-18-8-9-23(33-3)21(27)13-18/h8-11,13,15-16,22H,4-7,12,14H2,1-3H3. The van der Waals surface area contributed by atoms with Crippen LogP contribution in [0.2, 0.25) is 0 Å². The first-order chi connectivity index (χ1) is 16.0. The Kier molecular flexibility index (Phi) is 6.96. The average Bonchev–Trinajstić information content (AvgIpc) is 3.30. The summed E-state index contributed by atoms with van der Waals surface area (Å²) < 4.78 is 19.1. The monoisotopic (exact) mass is 448 g/mol. The van der Waals surface area contributed by atoms with Crippen molar-refractivity contribution in [2.75, 3.05) is 13.7 Å². The maximum absolute atomic E-state index is 14.1. The Morgan fingerprint density at radius 2 is 2.09 bits per heavy atom. The van der Waals surface area contributed by atoms with Crippen LogP contribution < -0.4 is 4.74 Å². The highest BCUT2D eigenvalue weighted by Crippen LogP contribution is 2.37. The third-order valence-corrected chi connectivity index (χ3v) is 6.11. The van der Waals surface area contributed by atoms with Crippen molar-refractivity contribution in [3.05, 3.63) is 71.3 Å². The number of carbonyl (C=O) groups is 1. The van der Waals surface area contributed by atoms with Gasteiger partial charge in [0, 0.05) is 37.1 Å². The van der Waals surface area contributed by atoms with Crippen LogP contribution in [-0.2, 0) is 17.6 Å². The SMILES string of the molecule is CCCc1ncc(-c2ccncc2C)c(C2CCCN2C(=O)Cc2ccc(OC)c(F)c2)n1. The molecule has 1 saturated heterocycles. The number of aryl methyl sites for hydroxylation is 2. The minimum atomic E-state index is -0.462. The zero-order valence-corrected chi connectivity index (χ0v) is 19.3. The van der Waals surface area contributed by atoms with Gasteiger partial charge in [-0.05, 0) is 61.1 Å². The highest BCUT2D eigenvalue weighted by molar-refractivity contribution is 5.80. The molecule has 1 aliphatic heterocycles. The summed E-state index contributed by atoms with van der Waals surface area (Å²) in [7, 11) is 1.43. The first-order valence-corrected chi connectivity index (χ1v) is 11.4. The van der Waals surface area contributed by atoms with Gasteiger partial charge in [-0.15, -0.1) is 0 Å². The molecule has 4 rings (SSSR count). The van der Waals surface area contributed by atoms with E-state index in [-0.39, 0.29) is 24.1 Å². The topological polar surface area (TPSA) is 68.2 Å². The molecule has 0 aliphatic carbocycles. The van der Waals surface area contributed by atoms with E-state index in [1.165, 1.54) is 13.2 Å². The highest BCUT2D eigenvalue weighted by Gasteiger charge is 2.33. The Morgan fingerprint density at radius 1 is 1.24 bits per heavy atom. The van der Waals surface area contributed by atoms with Gasteiger partial charge in [0.2, 0.25) is 5.91 Å². The number of hydrogen-bond donors (Lipinski definition) is 0. The van der Waals surface area contributed by atoms with Crippen LogP contribution >= 0.6 is 0 Å². The van der Waals surface area contributed by atoms with Gasteiger partial charge in [0.15, 0.2) is 11.6 Å². The highest BCUT2D eigenvalue weighted by atomic mass is 19.1. The van der Waals surface area contributed by atoms with Crippen LogP contribution in [-0.4, -0.2) is 39.4 Å². The van der Waals surface area contributed by atoms with Crippen molar-refractivity contribution in [2.24, 2.45) is 0 Å². The Balaban J connectivity index is 1.67. The molecule has 1 fully saturated rings. The smallest absolute Gasteiger partial charge is 0.227 e. The van der Waals surface area contributed by atoms with Gasteiger partial charge in [0.25, 0.3) is 0 Å². The van der Waals surface area contributed by atoms with Gasteiger partial charge in [0.05, 0.1) is 25.3 Å². The van der Waals surface area contributed by atoms with E-state index < -0.39 is 5.82 Å². The molecule has 0 bridgehead atoms. The van der Waals surface area contributed by atoms with Crippen molar-refractivity contribution in [1.29, 1.82) is 0 Å². The fourth-order valence-corrected chi connectivity index (χ4v) is 4.46. The summed E-state index contributed by atoms with van der Waals surface area (Å²) in [6.07, 6.45) is 9.08. The third-order valence-electron chi connectivity index (χ3n) is 6.11. The largest absolute Gasteiger partial charge is 0.494 e. The summed E-state index contributed by atoms with van der Waals surface area (Å²) in [6, 6.07) is 6.50. The van der Waals surface area contributed by atoms with Crippen LogP contribution in [0.3, 0.4) is 0 Å². The summed E-state index contributed by atoms with van der Waals surface area (Å²) in [5.41, 5.74) is 4.52. The maximum atomic E-state index is 14.1. The molecule has 7 heteroatoms. The normalized spacial score (nSPS) is 15.6. The van der Waals surface area contributed by atoms with Gasteiger partial charge >= 0.3 is 0 Å². The number of halogens is 1. The molecule has 0 N–H and O–H groups in total. The summed E-state index contributed by atoms with van der Waals surface area (Å²) in [5.74, 6) is 0.470. The lowest BCUT2D eigenvalue weighted by atomic mass is 9.97. The molecule has 172 valence electrons. The van der Waals surface area contributed by atoms with E-state index in [2.05, 4.69) is 16.9 Å². The molecule has 6 nitrogen and oxygen atoms in total. The first-order valence-electron chi connectivity index (χ1n) is 11.4. The van der Waals surface area contributed by atoms with Crippen molar-refractivity contribution in [2.45, 2.75) is 52.0 Å². The fourth-order valence-electron chi connectivity index (χ4n) is 4.46. The lowest BCUT2D eigenvalue weighted by molar-refractivity contribution is -0.131. The molecule has 1 unspecified atom stereocenters. The molecule has 0 radical (unpaired) electrons. The van der Waals surface area contributed by atoms with E-state index in [1.807, 2.05) is 30.3 Å². The summed E-state index contributed by atoms with van der Waals surface area (Å²) in [5, 5.41) is 0. The van der Waals surface area contributed by atoms with Gasteiger partial charge in [-0.2, -0.15) is 0 Å². The van der Waals surface area contributed by atoms with Crippen LogP contribution in [0.15, 0.2) is 42.9 Å². The summed E-state index contributed by atoms with van der Waals surface area (Å²) in [6.45, 7) is 4.77. The number of pyridine rings is 1. The van der Waals surface area contributed by atoms with Gasteiger partial charge in [-0.25, -0.2) is 14.4 Å². The van der Waals surface area contributed by atoms with Gasteiger partial charge in [-0.1, -0.05) is 13.0 Å². The molecule has 2 aromatic heterocycles. The quantitative estimate of drug-likeness (QED) is 0.517. The van der Waals surface area contributed by atoms with Crippen molar-refractivity contribution < 1.29 is 13.9 Å². The number of rotatable bonds is 7. The number of aromatic nitrogens is 3. The number of amides is 1. The molecule has 33 heavy (non-hydrogen) atoms. The predicted octanol–water partition coefficient (Wildman–Crippen LogP) is 4.85. The minimum Gasteiger partial charge on any atom is -0.494 e. The number of methoxy groups -OCH3 is 1. The maximum Gasteiger partial charge on any atom is 0.227 e. The number of likely N-dealkylation sites (tertiary alicyclic amines) is 1. The van der Waals surface area contributed by atoms with E-state index in [0.717, 1.165) is 53.9 Å². The molecule has 1 atom stereocenters. The van der Waals surface area contributed by atoms with Crippen molar-refractivity contribution >= 4 is 5.91 Å². The summed E-state index contributed by atoms with van der Waals surface area (Å²) >= 11 is 0. The van der Waals surface area contributed by atoms with E-state index in [4.69, 9.17) is 9.72 Å². The zero-order valence-electron chi connectivity index (χ0n) is 19.3. The third kappa shape index (κ3) is 4.87. The Hall–Kier alpha value is -3.35. The predicted molar refractivity (Wildman–Crippen MR) is 124 cm³/mol. The van der Waals surface area contributed by atoms with Crippen molar-refractivity contribution in [3.8, 4) is 16.9 Å². The number of hydrogen-bond acceptors (Lipinski definition) is 5. The van der Waals surface area contributed by atoms with E-state index in [1.54, 1.807) is 18.3 Å². The molecule has 1 amide bonds. The van der Waals surface area contributed by atoms with Gasteiger partial charge in [0.1, 0.15) is 5.82 Å². The Morgan fingerprint density at radius 3 is 2.82 bits per heavy atom. The van der Waals surface area contributed by atoms with Gasteiger partial charge < -0.3 is 9.64 Å². The second kappa shape index (κ2) is 10.1. The molecule has 3 aromatic rings. The Bertz CT molecular complexity index is 1150. The number of carbonyl (C=O) groups excluding carboxylic acids is 1. The second-order valence-electron chi connectivity index (χ2n) is 8.42. The minimum absolute atomic E-state index is 0.0323. The first kappa shape index (κ1) is 22.8. The fraction of sp³-hybridized carbons (Fsp3) is 0.385. The number of nitrogens with zero attached hydrogens (tertiary/aromatic N) is 4. The van der Waals surface area contributed by atoms with Crippen LogP contribution in [0, 0.1) is 12.7 Å². The molecule has 0 saturated carbocycles. The summed E-state index contributed by atoms with van der Waals surface area (Å²) in [4.78, 5) is 28.9. The lowest BCUT2D eigenvalue weighted by Gasteiger charge is -2.27. The molecular weight excluding hydrogens is 419 g/mol. The van der Waals surface area contributed by atoms with Crippen molar-refractivity contribution in [1.82, 2.24) is 19.9 Å². The van der Waals surface area contributed by atoms with Crippen LogP contribution in [0.5, 0.6) is 5.75 Å². The molecule has 1 aromatic carbocycles. The molecule has 3 heterocycles. The Labute approximate surface area is 193 Å². The van der Waals surface area contributed by atoms with Crippen LogP contribution in [0.4, 0.5) is 4.39 Å². The van der Waals surface area contributed by atoms with Crippen molar-refractivity contribution in [3.63, 3.8) is 0 Å². The van der Waals surface area contributed by atoms with E-state index in [0.29, 0.717) is 12.1 Å². The number of ether oxygens (including phenoxy) is 1. The molecule has 0 spiro atoms. The average molecular weight is 449 g/mol. The second-order valence-corrected chi connectivity index (χ2v) is 8.42. The van der Waals surface area contributed by atoms with E-state index in [9.17, 15) is 9.18 Å². The molecule has 1 aliphatic rings. The van der Waals surface area contributed by atoms with Crippen LogP contribution in [0.1, 0.15) is 54.9 Å². The zero-order chi connectivity index (χ0) is 23.4. The molecular formula is C26H29FN4O2.